The Kier molecular flexibility index (Phi) is 4.53. The summed E-state index contributed by atoms with van der Waals surface area (Å²) in [4.78, 5) is 22.4. The summed E-state index contributed by atoms with van der Waals surface area (Å²) in [6, 6.07) is 1.68. The largest absolute Gasteiger partial charge is 0.480 e. The van der Waals surface area contributed by atoms with Gasteiger partial charge in [-0.1, -0.05) is 12.1 Å². The summed E-state index contributed by atoms with van der Waals surface area (Å²) in [6.07, 6.45) is 1.24. The maximum Gasteiger partial charge on any atom is 0.326 e. The van der Waals surface area contributed by atoms with Crippen molar-refractivity contribution in [3.63, 3.8) is 0 Å². The van der Waals surface area contributed by atoms with Crippen LogP contribution in [0.1, 0.15) is 16.8 Å². The van der Waals surface area contributed by atoms with Gasteiger partial charge in [0.15, 0.2) is 0 Å². The number of hydrogen-bond donors (Lipinski definition) is 2. The van der Waals surface area contributed by atoms with Gasteiger partial charge in [-0.05, 0) is 18.6 Å². The number of carbonyl (C=O) groups is 2. The molecule has 1 rings (SSSR count). The molecule has 96 valence electrons. The van der Waals surface area contributed by atoms with Gasteiger partial charge in [0.1, 0.15) is 23.2 Å². The Hall–Kier alpha value is -2.24. The fourth-order valence-electron chi connectivity index (χ4n) is 1.33. The van der Waals surface area contributed by atoms with E-state index in [1.54, 1.807) is 0 Å². The lowest BCUT2D eigenvalue weighted by Gasteiger charge is -2.13. The Bertz CT molecular complexity index is 468. The van der Waals surface area contributed by atoms with E-state index in [4.69, 9.17) is 5.11 Å². The lowest BCUT2D eigenvalue weighted by molar-refractivity contribution is -0.139. The van der Waals surface area contributed by atoms with Crippen molar-refractivity contribution in [2.45, 2.75) is 12.5 Å². The summed E-state index contributed by atoms with van der Waals surface area (Å²) in [7, 11) is 0. The third-order valence-corrected chi connectivity index (χ3v) is 2.20. The average molecular weight is 255 g/mol. The van der Waals surface area contributed by atoms with E-state index < -0.39 is 35.1 Å². The highest BCUT2D eigenvalue weighted by Crippen LogP contribution is 2.12. The molecule has 0 heterocycles. The predicted octanol–water partition coefficient (Wildman–Crippen LogP) is 1.72. The highest BCUT2D eigenvalue weighted by atomic mass is 19.1. The van der Waals surface area contributed by atoms with Crippen LogP contribution in [-0.4, -0.2) is 23.0 Å². The lowest BCUT2D eigenvalue weighted by Crippen LogP contribution is -2.41. The second kappa shape index (κ2) is 5.90. The SMILES string of the molecule is C=CCC(NC(=O)c1c(F)cccc1F)C(=O)O. The fraction of sp³-hybridized carbons (Fsp3) is 0.167. The molecular formula is C12H11F2NO3. The normalized spacial score (nSPS) is 11.7. The number of amides is 1. The van der Waals surface area contributed by atoms with Crippen LogP contribution in [0.4, 0.5) is 8.78 Å². The van der Waals surface area contributed by atoms with E-state index in [1.807, 2.05) is 5.32 Å². The molecule has 0 aliphatic rings. The van der Waals surface area contributed by atoms with Gasteiger partial charge in [0.05, 0.1) is 0 Å². The Balaban J connectivity index is 2.94. The number of carboxylic acids is 1. The van der Waals surface area contributed by atoms with E-state index in [1.165, 1.54) is 6.08 Å². The molecule has 4 nitrogen and oxygen atoms in total. The van der Waals surface area contributed by atoms with Crippen LogP contribution in [0, 0.1) is 11.6 Å². The van der Waals surface area contributed by atoms with Crippen LogP contribution in [0.5, 0.6) is 0 Å². The average Bonchev–Trinajstić information content (AvgIpc) is 2.28. The Morgan fingerprint density at radius 1 is 1.39 bits per heavy atom. The van der Waals surface area contributed by atoms with Gasteiger partial charge in [-0.25, -0.2) is 13.6 Å². The van der Waals surface area contributed by atoms with E-state index in [2.05, 4.69) is 6.58 Å². The smallest absolute Gasteiger partial charge is 0.326 e. The molecule has 0 aliphatic heterocycles. The van der Waals surface area contributed by atoms with Crippen molar-refractivity contribution in [1.82, 2.24) is 5.32 Å². The number of aliphatic carboxylic acids is 1. The van der Waals surface area contributed by atoms with Crippen molar-refractivity contribution in [1.29, 1.82) is 0 Å². The van der Waals surface area contributed by atoms with Gasteiger partial charge in [0.25, 0.3) is 5.91 Å². The number of nitrogens with one attached hydrogen (secondary N) is 1. The monoisotopic (exact) mass is 255 g/mol. The first kappa shape index (κ1) is 13.8. The van der Waals surface area contributed by atoms with Gasteiger partial charge < -0.3 is 10.4 Å². The molecule has 0 saturated carbocycles. The van der Waals surface area contributed by atoms with Crippen LogP contribution < -0.4 is 5.32 Å². The molecule has 1 unspecified atom stereocenters. The first-order valence-corrected chi connectivity index (χ1v) is 5.06. The molecule has 18 heavy (non-hydrogen) atoms. The van der Waals surface area contributed by atoms with Gasteiger partial charge in [-0.15, -0.1) is 6.58 Å². The summed E-state index contributed by atoms with van der Waals surface area (Å²) in [5, 5.41) is 10.8. The van der Waals surface area contributed by atoms with Gasteiger partial charge in [-0.2, -0.15) is 0 Å². The van der Waals surface area contributed by atoms with Crippen molar-refractivity contribution in [2.75, 3.05) is 0 Å². The number of carbonyl (C=O) groups excluding carboxylic acids is 1. The van der Waals surface area contributed by atoms with Crippen molar-refractivity contribution in [3.8, 4) is 0 Å². The van der Waals surface area contributed by atoms with Crippen molar-refractivity contribution >= 4 is 11.9 Å². The molecule has 1 atom stereocenters. The van der Waals surface area contributed by atoms with Crippen LogP contribution >= 0.6 is 0 Å². The molecule has 1 aromatic rings. The molecule has 0 aromatic heterocycles. The van der Waals surface area contributed by atoms with Crippen molar-refractivity contribution in [2.24, 2.45) is 0 Å². The molecule has 0 bridgehead atoms. The topological polar surface area (TPSA) is 66.4 Å². The number of carboxylic acid groups (broad SMARTS) is 1. The Morgan fingerprint density at radius 2 is 1.94 bits per heavy atom. The quantitative estimate of drug-likeness (QED) is 0.787. The third-order valence-electron chi connectivity index (χ3n) is 2.20. The summed E-state index contributed by atoms with van der Waals surface area (Å²) >= 11 is 0. The van der Waals surface area contributed by atoms with Gasteiger partial charge in [0, 0.05) is 0 Å². The molecule has 0 radical (unpaired) electrons. The minimum absolute atomic E-state index is 0.0445. The zero-order valence-electron chi connectivity index (χ0n) is 9.32. The molecule has 0 aliphatic carbocycles. The predicted molar refractivity (Wildman–Crippen MR) is 60.1 cm³/mol. The van der Waals surface area contributed by atoms with E-state index in [0.29, 0.717) is 0 Å². The van der Waals surface area contributed by atoms with E-state index >= 15 is 0 Å². The second-order valence-corrected chi connectivity index (χ2v) is 3.49. The zero-order valence-corrected chi connectivity index (χ0v) is 9.32. The molecule has 1 amide bonds. The van der Waals surface area contributed by atoms with Gasteiger partial charge in [-0.3, -0.25) is 4.79 Å². The summed E-state index contributed by atoms with van der Waals surface area (Å²) in [5.41, 5.74) is -0.798. The molecular weight excluding hydrogens is 244 g/mol. The Morgan fingerprint density at radius 3 is 2.39 bits per heavy atom. The van der Waals surface area contributed by atoms with Crippen LogP contribution in [0.3, 0.4) is 0 Å². The minimum Gasteiger partial charge on any atom is -0.480 e. The van der Waals surface area contributed by atoms with Crippen LogP contribution in [0.2, 0.25) is 0 Å². The molecule has 2 N–H and O–H groups in total. The third kappa shape index (κ3) is 3.13. The minimum atomic E-state index is -1.31. The summed E-state index contributed by atoms with van der Waals surface area (Å²) in [6.45, 7) is 3.34. The van der Waals surface area contributed by atoms with Crippen molar-refractivity contribution in [3.05, 3.63) is 48.1 Å². The van der Waals surface area contributed by atoms with Crippen LogP contribution in [-0.2, 0) is 4.79 Å². The van der Waals surface area contributed by atoms with Gasteiger partial charge >= 0.3 is 5.97 Å². The van der Waals surface area contributed by atoms with E-state index in [0.717, 1.165) is 18.2 Å². The number of benzene rings is 1. The Labute approximate surface area is 102 Å². The van der Waals surface area contributed by atoms with E-state index in [-0.39, 0.29) is 6.42 Å². The molecule has 0 fully saturated rings. The molecule has 1 aromatic carbocycles. The maximum atomic E-state index is 13.3. The summed E-state index contributed by atoms with van der Waals surface area (Å²) in [5.74, 6) is -4.51. The van der Waals surface area contributed by atoms with Crippen LogP contribution in [0.25, 0.3) is 0 Å². The summed E-state index contributed by atoms with van der Waals surface area (Å²) < 4.78 is 26.5. The first-order chi connectivity index (χ1) is 8.47. The zero-order chi connectivity index (χ0) is 13.7. The maximum absolute atomic E-state index is 13.3. The van der Waals surface area contributed by atoms with Crippen molar-refractivity contribution < 1.29 is 23.5 Å². The molecule has 6 heteroatoms. The van der Waals surface area contributed by atoms with Gasteiger partial charge in [0.2, 0.25) is 0 Å². The first-order valence-electron chi connectivity index (χ1n) is 5.06. The highest BCUT2D eigenvalue weighted by molar-refractivity contribution is 5.97. The number of hydrogen-bond acceptors (Lipinski definition) is 2. The number of rotatable bonds is 5. The van der Waals surface area contributed by atoms with E-state index in [9.17, 15) is 18.4 Å². The number of halogens is 2. The fourth-order valence-corrected chi connectivity index (χ4v) is 1.33. The lowest BCUT2D eigenvalue weighted by atomic mass is 10.1. The molecule has 0 saturated heterocycles. The second-order valence-electron chi connectivity index (χ2n) is 3.49. The van der Waals surface area contributed by atoms with Crippen LogP contribution in [0.15, 0.2) is 30.9 Å². The highest BCUT2D eigenvalue weighted by Gasteiger charge is 2.23. The standard InChI is InChI=1S/C12H11F2NO3/c1-2-4-9(12(17)18)15-11(16)10-7(13)5-3-6-8(10)14/h2-3,5-6,9H,1,4H2,(H,15,16)(H,17,18). The molecule has 0 spiro atoms.